The van der Waals surface area contributed by atoms with Gasteiger partial charge in [0.1, 0.15) is 0 Å². The number of nitrogens with one attached hydrogen (secondary N) is 1. The van der Waals surface area contributed by atoms with E-state index in [1.807, 2.05) is 47.4 Å². The minimum Gasteiger partial charge on any atom is -0.493 e. The molecule has 32 heavy (non-hydrogen) atoms. The Morgan fingerprint density at radius 1 is 0.969 bits per heavy atom. The molecule has 0 bridgehead atoms. The van der Waals surface area contributed by atoms with E-state index in [1.54, 1.807) is 21.3 Å². The molecule has 2 aromatic carbocycles. The van der Waals surface area contributed by atoms with Gasteiger partial charge in [-0.3, -0.25) is 9.69 Å². The van der Waals surface area contributed by atoms with Gasteiger partial charge in [-0.2, -0.15) is 12.6 Å². The molecule has 1 saturated heterocycles. The Balaban J connectivity index is 1.56. The standard InChI is InChI=1S/C24H33N3O4S/c1-29-21-10-9-19(22(30-2)23(21)31-3)16-26-11-13-27(14-12-26)24(28)20(17-32)25-15-18-7-5-4-6-8-18/h4-10,20,25,32H,11-17H2,1-3H3/t20-/m0/s1. The van der Waals surface area contributed by atoms with Crippen molar-refractivity contribution in [3.05, 3.63) is 53.6 Å². The number of rotatable bonds is 10. The maximum atomic E-state index is 13.0. The van der Waals surface area contributed by atoms with Gasteiger partial charge in [0.15, 0.2) is 11.5 Å². The normalized spacial score (nSPS) is 15.3. The molecule has 1 atom stereocenters. The minimum absolute atomic E-state index is 0.110. The third-order valence-corrected chi connectivity index (χ3v) is 6.10. The van der Waals surface area contributed by atoms with Gasteiger partial charge in [-0.15, -0.1) is 0 Å². The average Bonchev–Trinajstić information content (AvgIpc) is 2.85. The molecular formula is C24H33N3O4S. The summed E-state index contributed by atoms with van der Waals surface area (Å²) < 4.78 is 16.5. The van der Waals surface area contributed by atoms with E-state index in [2.05, 4.69) is 22.8 Å². The van der Waals surface area contributed by atoms with Gasteiger partial charge in [0.05, 0.1) is 27.4 Å². The summed E-state index contributed by atoms with van der Waals surface area (Å²) in [5.41, 5.74) is 2.18. The first-order valence-electron chi connectivity index (χ1n) is 10.8. The summed E-state index contributed by atoms with van der Waals surface area (Å²) in [6.45, 7) is 4.32. The summed E-state index contributed by atoms with van der Waals surface area (Å²) in [4.78, 5) is 17.3. The fourth-order valence-electron chi connectivity index (χ4n) is 3.94. The van der Waals surface area contributed by atoms with Crippen molar-refractivity contribution in [3.8, 4) is 17.2 Å². The van der Waals surface area contributed by atoms with Crippen LogP contribution in [0.3, 0.4) is 0 Å². The zero-order valence-electron chi connectivity index (χ0n) is 19.0. The number of methoxy groups -OCH3 is 3. The Labute approximate surface area is 196 Å². The number of hydrogen-bond donors (Lipinski definition) is 2. The second-order valence-corrected chi connectivity index (χ2v) is 8.06. The van der Waals surface area contributed by atoms with E-state index in [9.17, 15) is 4.79 Å². The summed E-state index contributed by atoms with van der Waals surface area (Å²) >= 11 is 4.41. The Morgan fingerprint density at radius 3 is 2.25 bits per heavy atom. The van der Waals surface area contributed by atoms with Crippen molar-refractivity contribution in [2.24, 2.45) is 0 Å². The lowest BCUT2D eigenvalue weighted by Crippen LogP contribution is -2.54. The molecule has 0 radical (unpaired) electrons. The van der Waals surface area contributed by atoms with E-state index >= 15 is 0 Å². The molecule has 0 aliphatic carbocycles. The summed E-state index contributed by atoms with van der Waals surface area (Å²) in [6, 6.07) is 13.7. The van der Waals surface area contributed by atoms with Gasteiger partial charge in [-0.1, -0.05) is 36.4 Å². The maximum Gasteiger partial charge on any atom is 0.240 e. The molecule has 174 valence electrons. The highest BCUT2D eigenvalue weighted by molar-refractivity contribution is 7.80. The average molecular weight is 460 g/mol. The van der Waals surface area contributed by atoms with Crippen LogP contribution in [0, 0.1) is 0 Å². The first kappa shape index (κ1) is 24.2. The molecular weight excluding hydrogens is 426 g/mol. The van der Waals surface area contributed by atoms with E-state index in [-0.39, 0.29) is 11.9 Å². The van der Waals surface area contributed by atoms with Crippen molar-refractivity contribution in [2.75, 3.05) is 53.3 Å². The highest BCUT2D eigenvalue weighted by atomic mass is 32.1. The van der Waals surface area contributed by atoms with Crippen molar-refractivity contribution in [1.82, 2.24) is 15.1 Å². The van der Waals surface area contributed by atoms with Gasteiger partial charge in [0.2, 0.25) is 11.7 Å². The Bertz CT molecular complexity index is 873. The number of carbonyl (C=O) groups is 1. The summed E-state index contributed by atoms with van der Waals surface area (Å²) in [6.07, 6.45) is 0. The van der Waals surface area contributed by atoms with Gasteiger partial charge < -0.3 is 24.4 Å². The van der Waals surface area contributed by atoms with Crippen molar-refractivity contribution in [3.63, 3.8) is 0 Å². The Hall–Kier alpha value is -2.42. The van der Waals surface area contributed by atoms with E-state index in [1.165, 1.54) is 0 Å². The van der Waals surface area contributed by atoms with E-state index < -0.39 is 0 Å². The monoisotopic (exact) mass is 459 g/mol. The van der Waals surface area contributed by atoms with Crippen molar-refractivity contribution in [1.29, 1.82) is 0 Å². The molecule has 0 saturated carbocycles. The molecule has 0 aromatic heterocycles. The molecule has 0 spiro atoms. The molecule has 7 nitrogen and oxygen atoms in total. The molecule has 1 aliphatic heterocycles. The number of amides is 1. The topological polar surface area (TPSA) is 63.3 Å². The number of benzene rings is 2. The number of carbonyl (C=O) groups excluding carboxylic acids is 1. The molecule has 8 heteroatoms. The number of nitrogens with zero attached hydrogens (tertiary/aromatic N) is 2. The number of piperazine rings is 1. The van der Waals surface area contributed by atoms with Gasteiger partial charge >= 0.3 is 0 Å². The van der Waals surface area contributed by atoms with Crippen LogP contribution in [-0.2, 0) is 17.9 Å². The Kier molecular flexibility index (Phi) is 9.08. The zero-order chi connectivity index (χ0) is 22.9. The zero-order valence-corrected chi connectivity index (χ0v) is 19.9. The fraction of sp³-hybridized carbons (Fsp3) is 0.458. The van der Waals surface area contributed by atoms with Gasteiger partial charge in [0, 0.05) is 50.6 Å². The smallest absolute Gasteiger partial charge is 0.240 e. The van der Waals surface area contributed by atoms with Crippen LogP contribution in [0.4, 0.5) is 0 Å². The molecule has 0 unspecified atom stereocenters. The van der Waals surface area contributed by atoms with Crippen molar-refractivity contribution in [2.45, 2.75) is 19.1 Å². The number of ether oxygens (including phenoxy) is 3. The second kappa shape index (κ2) is 12.0. The largest absolute Gasteiger partial charge is 0.493 e. The van der Waals surface area contributed by atoms with Crippen LogP contribution in [0.5, 0.6) is 17.2 Å². The van der Waals surface area contributed by atoms with Crippen LogP contribution in [0.1, 0.15) is 11.1 Å². The highest BCUT2D eigenvalue weighted by Gasteiger charge is 2.27. The fourth-order valence-corrected chi connectivity index (χ4v) is 4.23. The number of thiol groups is 1. The molecule has 2 aromatic rings. The van der Waals surface area contributed by atoms with Crippen LogP contribution in [0.25, 0.3) is 0 Å². The second-order valence-electron chi connectivity index (χ2n) is 7.70. The van der Waals surface area contributed by atoms with Crippen LogP contribution in [0.15, 0.2) is 42.5 Å². The number of hydrogen-bond acceptors (Lipinski definition) is 7. The van der Waals surface area contributed by atoms with Gasteiger partial charge in [0.25, 0.3) is 0 Å². The molecule has 1 heterocycles. The van der Waals surface area contributed by atoms with Crippen LogP contribution in [-0.4, -0.2) is 75.0 Å². The summed E-state index contributed by atoms with van der Waals surface area (Å²) in [7, 11) is 4.86. The molecule has 3 rings (SSSR count). The van der Waals surface area contributed by atoms with Crippen LogP contribution in [0.2, 0.25) is 0 Å². The first-order valence-corrected chi connectivity index (χ1v) is 11.4. The predicted octanol–water partition coefficient (Wildman–Crippen LogP) is 2.44. The van der Waals surface area contributed by atoms with E-state index in [4.69, 9.17) is 14.2 Å². The summed E-state index contributed by atoms with van der Waals surface area (Å²) in [5, 5.41) is 3.35. The third-order valence-electron chi connectivity index (χ3n) is 5.74. The lowest BCUT2D eigenvalue weighted by Gasteiger charge is -2.36. The minimum atomic E-state index is -0.295. The molecule has 1 aliphatic rings. The Morgan fingerprint density at radius 2 is 1.66 bits per heavy atom. The molecule has 1 amide bonds. The molecule has 1 N–H and O–H groups in total. The van der Waals surface area contributed by atoms with Gasteiger partial charge in [-0.25, -0.2) is 0 Å². The van der Waals surface area contributed by atoms with E-state index in [0.717, 1.165) is 24.2 Å². The molecule has 1 fully saturated rings. The first-order chi connectivity index (χ1) is 15.6. The third kappa shape index (κ3) is 5.88. The lowest BCUT2D eigenvalue weighted by molar-refractivity contribution is -0.134. The summed E-state index contributed by atoms with van der Waals surface area (Å²) in [5.74, 6) is 2.51. The predicted molar refractivity (Wildman–Crippen MR) is 129 cm³/mol. The van der Waals surface area contributed by atoms with Crippen LogP contribution < -0.4 is 19.5 Å². The lowest BCUT2D eigenvalue weighted by atomic mass is 10.1. The van der Waals surface area contributed by atoms with Gasteiger partial charge in [-0.05, 0) is 11.6 Å². The SMILES string of the molecule is COc1ccc(CN2CCN(C(=O)[C@H](CS)NCc3ccccc3)CC2)c(OC)c1OC. The van der Waals surface area contributed by atoms with Crippen LogP contribution >= 0.6 is 12.6 Å². The van der Waals surface area contributed by atoms with Crippen molar-refractivity contribution >= 4 is 18.5 Å². The maximum absolute atomic E-state index is 13.0. The van der Waals surface area contributed by atoms with Crippen molar-refractivity contribution < 1.29 is 19.0 Å². The van der Waals surface area contributed by atoms with E-state index in [0.29, 0.717) is 49.2 Å². The quantitative estimate of drug-likeness (QED) is 0.532. The highest BCUT2D eigenvalue weighted by Crippen LogP contribution is 2.40.